The van der Waals surface area contributed by atoms with Gasteiger partial charge in [0.15, 0.2) is 0 Å². The van der Waals surface area contributed by atoms with Crippen LogP contribution >= 0.6 is 0 Å². The highest BCUT2D eigenvalue weighted by Gasteiger charge is 2.11. The Morgan fingerprint density at radius 2 is 1.57 bits per heavy atom. The first-order valence-corrected chi connectivity index (χ1v) is 6.38. The Hall–Kier alpha value is -0.0400. The molecule has 1 N–H and O–H groups in total. The molecule has 0 heterocycles. The first kappa shape index (κ1) is 14.0. The van der Waals surface area contributed by atoms with Crippen LogP contribution in [0, 0.1) is 11.8 Å². The normalized spacial score (nSPS) is 17.8. The van der Waals surface area contributed by atoms with E-state index in [4.69, 9.17) is 0 Å². The Bertz CT molecular complexity index is 120. The first-order chi connectivity index (χ1) is 6.65. The van der Waals surface area contributed by atoms with Gasteiger partial charge in [-0.2, -0.15) is 0 Å². The minimum atomic E-state index is 0.742. The van der Waals surface area contributed by atoms with Gasteiger partial charge in [0.25, 0.3) is 0 Å². The molecule has 0 aromatic rings. The lowest BCUT2D eigenvalue weighted by atomic mass is 9.93. The molecule has 0 spiro atoms. The summed E-state index contributed by atoms with van der Waals surface area (Å²) in [6.45, 7) is 12.7. The van der Waals surface area contributed by atoms with Gasteiger partial charge in [-0.3, -0.25) is 0 Å². The van der Waals surface area contributed by atoms with E-state index in [1.54, 1.807) is 0 Å². The molecular formula is C13H29N. The third-order valence-electron chi connectivity index (χ3n) is 3.47. The fourth-order valence-corrected chi connectivity index (χ4v) is 1.76. The average Bonchev–Trinajstić information content (AvgIpc) is 2.22. The van der Waals surface area contributed by atoms with Gasteiger partial charge in [-0.15, -0.1) is 0 Å². The van der Waals surface area contributed by atoms with Crippen molar-refractivity contribution in [3.8, 4) is 0 Å². The molecule has 0 fully saturated rings. The van der Waals surface area contributed by atoms with Crippen molar-refractivity contribution in [1.29, 1.82) is 0 Å². The van der Waals surface area contributed by atoms with Gasteiger partial charge >= 0.3 is 0 Å². The van der Waals surface area contributed by atoms with Gasteiger partial charge in [0.2, 0.25) is 0 Å². The Kier molecular flexibility index (Phi) is 8.26. The van der Waals surface area contributed by atoms with Crippen molar-refractivity contribution in [3.63, 3.8) is 0 Å². The van der Waals surface area contributed by atoms with Crippen molar-refractivity contribution >= 4 is 0 Å². The SMILES string of the molecule is CCCC(CC)NCC(C)C(C)CC. The fraction of sp³-hybridized carbons (Fsp3) is 1.00. The lowest BCUT2D eigenvalue weighted by Gasteiger charge is -2.23. The molecule has 0 saturated heterocycles. The van der Waals surface area contributed by atoms with Gasteiger partial charge in [-0.05, 0) is 31.2 Å². The summed E-state index contributed by atoms with van der Waals surface area (Å²) in [4.78, 5) is 0. The fourth-order valence-electron chi connectivity index (χ4n) is 1.76. The molecule has 3 atom stereocenters. The molecule has 0 bridgehead atoms. The van der Waals surface area contributed by atoms with Crippen LogP contribution in [0.1, 0.15) is 60.3 Å². The van der Waals surface area contributed by atoms with Crippen LogP contribution in [-0.4, -0.2) is 12.6 Å². The van der Waals surface area contributed by atoms with Crippen molar-refractivity contribution in [2.45, 2.75) is 66.3 Å². The van der Waals surface area contributed by atoms with E-state index >= 15 is 0 Å². The lowest BCUT2D eigenvalue weighted by molar-refractivity contribution is 0.330. The summed E-state index contributed by atoms with van der Waals surface area (Å²) in [5, 5.41) is 3.69. The third-order valence-corrected chi connectivity index (χ3v) is 3.47. The second-order valence-electron chi connectivity index (χ2n) is 4.66. The Labute approximate surface area is 90.7 Å². The highest BCUT2D eigenvalue weighted by atomic mass is 14.9. The molecule has 0 radical (unpaired) electrons. The molecule has 0 aliphatic rings. The van der Waals surface area contributed by atoms with E-state index in [1.807, 2.05) is 0 Å². The largest absolute Gasteiger partial charge is 0.314 e. The maximum absolute atomic E-state index is 3.69. The second-order valence-corrected chi connectivity index (χ2v) is 4.66. The molecule has 0 amide bonds. The quantitative estimate of drug-likeness (QED) is 0.626. The molecule has 0 rings (SSSR count). The van der Waals surface area contributed by atoms with Crippen LogP contribution in [0.5, 0.6) is 0 Å². The van der Waals surface area contributed by atoms with Gasteiger partial charge < -0.3 is 5.32 Å². The smallest absolute Gasteiger partial charge is 0.00644 e. The van der Waals surface area contributed by atoms with Crippen LogP contribution in [-0.2, 0) is 0 Å². The molecule has 0 aromatic carbocycles. The van der Waals surface area contributed by atoms with E-state index in [9.17, 15) is 0 Å². The zero-order valence-corrected chi connectivity index (χ0v) is 10.8. The Morgan fingerprint density at radius 3 is 2.00 bits per heavy atom. The maximum Gasteiger partial charge on any atom is 0.00644 e. The van der Waals surface area contributed by atoms with Crippen molar-refractivity contribution in [2.24, 2.45) is 11.8 Å². The van der Waals surface area contributed by atoms with Crippen molar-refractivity contribution in [2.75, 3.05) is 6.54 Å². The van der Waals surface area contributed by atoms with Gasteiger partial charge in [-0.1, -0.05) is 47.5 Å². The van der Waals surface area contributed by atoms with Gasteiger partial charge in [-0.25, -0.2) is 0 Å². The number of hydrogen-bond donors (Lipinski definition) is 1. The minimum Gasteiger partial charge on any atom is -0.314 e. The topological polar surface area (TPSA) is 12.0 Å². The molecule has 3 unspecified atom stereocenters. The highest BCUT2D eigenvalue weighted by Crippen LogP contribution is 2.14. The number of nitrogens with one attached hydrogen (secondary N) is 1. The van der Waals surface area contributed by atoms with E-state index in [0.29, 0.717) is 0 Å². The van der Waals surface area contributed by atoms with Gasteiger partial charge in [0.1, 0.15) is 0 Å². The van der Waals surface area contributed by atoms with E-state index in [0.717, 1.165) is 17.9 Å². The molecule has 86 valence electrons. The van der Waals surface area contributed by atoms with Crippen LogP contribution < -0.4 is 5.32 Å². The van der Waals surface area contributed by atoms with Crippen molar-refractivity contribution in [3.05, 3.63) is 0 Å². The van der Waals surface area contributed by atoms with E-state index in [-0.39, 0.29) is 0 Å². The summed E-state index contributed by atoms with van der Waals surface area (Å²) in [5.74, 6) is 1.66. The summed E-state index contributed by atoms with van der Waals surface area (Å²) in [7, 11) is 0. The monoisotopic (exact) mass is 199 g/mol. The molecule has 1 heteroatoms. The molecule has 0 aromatic heterocycles. The Balaban J connectivity index is 3.67. The minimum absolute atomic E-state index is 0.742. The highest BCUT2D eigenvalue weighted by molar-refractivity contribution is 4.69. The zero-order valence-electron chi connectivity index (χ0n) is 10.8. The molecule has 14 heavy (non-hydrogen) atoms. The molecule has 1 nitrogen and oxygen atoms in total. The molecular weight excluding hydrogens is 170 g/mol. The first-order valence-electron chi connectivity index (χ1n) is 6.38. The van der Waals surface area contributed by atoms with Crippen LogP contribution in [0.25, 0.3) is 0 Å². The van der Waals surface area contributed by atoms with Crippen LogP contribution in [0.3, 0.4) is 0 Å². The van der Waals surface area contributed by atoms with Gasteiger partial charge in [0, 0.05) is 6.04 Å². The van der Waals surface area contributed by atoms with Crippen LogP contribution in [0.2, 0.25) is 0 Å². The Morgan fingerprint density at radius 1 is 0.929 bits per heavy atom. The van der Waals surface area contributed by atoms with E-state index in [2.05, 4.69) is 39.9 Å². The summed E-state index contributed by atoms with van der Waals surface area (Å²) >= 11 is 0. The standard InChI is InChI=1S/C13H29N/c1-6-9-13(8-3)14-10-12(5)11(4)7-2/h11-14H,6-10H2,1-5H3. The summed E-state index contributed by atoms with van der Waals surface area (Å²) < 4.78 is 0. The van der Waals surface area contributed by atoms with E-state index < -0.39 is 0 Å². The predicted octanol–water partition coefficient (Wildman–Crippen LogP) is 3.84. The zero-order chi connectivity index (χ0) is 11.0. The summed E-state index contributed by atoms with van der Waals surface area (Å²) in [6, 6.07) is 0.742. The third kappa shape index (κ3) is 5.64. The van der Waals surface area contributed by atoms with Crippen LogP contribution in [0.4, 0.5) is 0 Å². The average molecular weight is 199 g/mol. The molecule has 0 aliphatic heterocycles. The van der Waals surface area contributed by atoms with Crippen molar-refractivity contribution < 1.29 is 0 Å². The van der Waals surface area contributed by atoms with E-state index in [1.165, 1.54) is 32.2 Å². The summed E-state index contributed by atoms with van der Waals surface area (Å²) in [6.07, 6.45) is 5.18. The van der Waals surface area contributed by atoms with Gasteiger partial charge in [0.05, 0.1) is 0 Å². The second kappa shape index (κ2) is 8.28. The number of rotatable bonds is 8. The van der Waals surface area contributed by atoms with Crippen LogP contribution in [0.15, 0.2) is 0 Å². The summed E-state index contributed by atoms with van der Waals surface area (Å²) in [5.41, 5.74) is 0. The number of hydrogen-bond acceptors (Lipinski definition) is 1. The van der Waals surface area contributed by atoms with Crippen molar-refractivity contribution in [1.82, 2.24) is 5.32 Å². The molecule has 0 saturated carbocycles. The lowest BCUT2D eigenvalue weighted by Crippen LogP contribution is -2.33. The predicted molar refractivity (Wildman–Crippen MR) is 65.6 cm³/mol. The molecule has 0 aliphatic carbocycles. The maximum atomic E-state index is 3.69.